The van der Waals surface area contributed by atoms with E-state index in [4.69, 9.17) is 0 Å². The fourth-order valence-corrected chi connectivity index (χ4v) is 3.80. The highest BCUT2D eigenvalue weighted by Crippen LogP contribution is 2.19. The second-order valence-electron chi connectivity index (χ2n) is 5.49. The van der Waals surface area contributed by atoms with Crippen molar-refractivity contribution in [2.45, 2.75) is 25.3 Å². The van der Waals surface area contributed by atoms with E-state index in [0.29, 0.717) is 18.0 Å². The molecule has 0 N–H and O–H groups in total. The fourth-order valence-electron chi connectivity index (χ4n) is 2.18. The van der Waals surface area contributed by atoms with Crippen LogP contribution in [0.5, 0.6) is 0 Å². The topological polar surface area (TPSA) is 37.4 Å². The van der Waals surface area contributed by atoms with Crippen LogP contribution in [-0.4, -0.2) is 19.3 Å². The monoisotopic (exact) mass is 303 g/mol. The van der Waals surface area contributed by atoms with Crippen molar-refractivity contribution in [3.8, 4) is 0 Å². The molecule has 0 amide bonds. The first-order chi connectivity index (χ1) is 10.00. The number of hydrogen-bond acceptors (Lipinski definition) is 2. The molecular weight excluding hydrogens is 282 g/mol. The maximum absolute atomic E-state index is 12.8. The number of hydrogen-bond donors (Lipinski definition) is 0. The van der Waals surface area contributed by atoms with E-state index in [2.05, 4.69) is 0 Å². The van der Waals surface area contributed by atoms with E-state index >= 15 is 0 Å². The van der Waals surface area contributed by atoms with Crippen LogP contribution in [0.1, 0.15) is 19.4 Å². The van der Waals surface area contributed by atoms with Crippen LogP contribution in [-0.2, 0) is 16.6 Å². The van der Waals surface area contributed by atoms with Gasteiger partial charge in [-0.1, -0.05) is 62.4 Å². The van der Waals surface area contributed by atoms with Gasteiger partial charge in [0.2, 0.25) is 10.0 Å². The molecule has 0 bridgehead atoms. The van der Waals surface area contributed by atoms with Crippen LogP contribution in [0, 0.1) is 5.92 Å². The second kappa shape index (κ2) is 6.87. The number of sulfonamides is 1. The fraction of sp³-hybridized carbons (Fsp3) is 0.294. The summed E-state index contributed by atoms with van der Waals surface area (Å²) in [6.45, 7) is 4.96. The van der Waals surface area contributed by atoms with Gasteiger partial charge in [0.1, 0.15) is 0 Å². The minimum Gasteiger partial charge on any atom is -0.207 e. The van der Waals surface area contributed by atoms with Gasteiger partial charge in [-0.2, -0.15) is 4.31 Å². The quantitative estimate of drug-likeness (QED) is 0.818. The molecule has 0 aromatic heterocycles. The molecule has 0 saturated carbocycles. The van der Waals surface area contributed by atoms with Gasteiger partial charge in [-0.05, 0) is 23.6 Å². The van der Waals surface area contributed by atoms with Crippen LogP contribution >= 0.6 is 0 Å². The van der Waals surface area contributed by atoms with E-state index in [1.54, 1.807) is 28.6 Å². The Balaban J connectivity index is 2.32. The van der Waals surface area contributed by atoms with Crippen LogP contribution in [0.2, 0.25) is 0 Å². The number of rotatable bonds is 6. The minimum absolute atomic E-state index is 0.271. The lowest BCUT2D eigenvalue weighted by Gasteiger charge is -2.24. The predicted molar refractivity (Wildman–Crippen MR) is 85.3 cm³/mol. The molecule has 0 atom stereocenters. The van der Waals surface area contributed by atoms with Crippen LogP contribution in [0.15, 0.2) is 65.6 Å². The van der Waals surface area contributed by atoms with E-state index in [-0.39, 0.29) is 5.92 Å². The summed E-state index contributed by atoms with van der Waals surface area (Å²) in [6.07, 6.45) is 0. The van der Waals surface area contributed by atoms with Gasteiger partial charge in [0.25, 0.3) is 0 Å². The summed E-state index contributed by atoms with van der Waals surface area (Å²) in [5, 5.41) is 0. The van der Waals surface area contributed by atoms with Crippen LogP contribution < -0.4 is 0 Å². The van der Waals surface area contributed by atoms with E-state index < -0.39 is 10.0 Å². The van der Waals surface area contributed by atoms with Gasteiger partial charge >= 0.3 is 0 Å². The molecule has 0 unspecified atom stereocenters. The minimum atomic E-state index is -3.46. The Morgan fingerprint density at radius 1 is 0.905 bits per heavy atom. The van der Waals surface area contributed by atoms with Crippen molar-refractivity contribution < 1.29 is 8.42 Å². The molecule has 0 radical (unpaired) electrons. The first kappa shape index (κ1) is 15.7. The molecular formula is C17H21NO2S. The average Bonchev–Trinajstić information content (AvgIpc) is 2.48. The molecule has 0 aliphatic carbocycles. The van der Waals surface area contributed by atoms with Gasteiger partial charge in [0.05, 0.1) is 4.90 Å². The van der Waals surface area contributed by atoms with Gasteiger partial charge in [0, 0.05) is 13.1 Å². The first-order valence-electron chi connectivity index (χ1n) is 7.09. The van der Waals surface area contributed by atoms with Gasteiger partial charge in [-0.15, -0.1) is 0 Å². The van der Waals surface area contributed by atoms with Crippen molar-refractivity contribution >= 4 is 10.0 Å². The Hall–Kier alpha value is -1.65. The Morgan fingerprint density at radius 3 is 1.95 bits per heavy atom. The molecule has 112 valence electrons. The lowest BCUT2D eigenvalue weighted by atomic mass is 10.2. The summed E-state index contributed by atoms with van der Waals surface area (Å²) in [5.41, 5.74) is 0.998. The summed E-state index contributed by atoms with van der Waals surface area (Å²) >= 11 is 0. The third-order valence-electron chi connectivity index (χ3n) is 3.15. The zero-order valence-corrected chi connectivity index (χ0v) is 13.3. The Labute approximate surface area is 127 Å². The summed E-state index contributed by atoms with van der Waals surface area (Å²) in [6, 6.07) is 18.3. The zero-order valence-electron chi connectivity index (χ0n) is 12.4. The zero-order chi connectivity index (χ0) is 15.3. The van der Waals surface area contributed by atoms with Crippen molar-refractivity contribution in [2.24, 2.45) is 5.92 Å². The maximum Gasteiger partial charge on any atom is 0.243 e. The molecule has 2 aromatic rings. The SMILES string of the molecule is CC(C)CN(Cc1ccccc1)S(=O)(=O)c1ccccc1. The smallest absolute Gasteiger partial charge is 0.207 e. The molecule has 0 aliphatic heterocycles. The highest BCUT2D eigenvalue weighted by molar-refractivity contribution is 7.89. The number of nitrogens with zero attached hydrogens (tertiary/aromatic N) is 1. The normalized spacial score (nSPS) is 12.0. The van der Waals surface area contributed by atoms with E-state index in [1.807, 2.05) is 50.2 Å². The molecule has 2 rings (SSSR count). The first-order valence-corrected chi connectivity index (χ1v) is 8.53. The van der Waals surface area contributed by atoms with Crippen LogP contribution in [0.3, 0.4) is 0 Å². The van der Waals surface area contributed by atoms with Gasteiger partial charge in [-0.3, -0.25) is 0 Å². The molecule has 21 heavy (non-hydrogen) atoms. The maximum atomic E-state index is 12.8. The van der Waals surface area contributed by atoms with E-state index in [1.165, 1.54) is 0 Å². The lowest BCUT2D eigenvalue weighted by Crippen LogP contribution is -2.33. The predicted octanol–water partition coefficient (Wildman–Crippen LogP) is 3.53. The third-order valence-corrected chi connectivity index (χ3v) is 4.98. The van der Waals surface area contributed by atoms with E-state index in [9.17, 15) is 8.42 Å². The molecule has 2 aromatic carbocycles. The highest BCUT2D eigenvalue weighted by Gasteiger charge is 2.24. The molecule has 0 aliphatic rings. The van der Waals surface area contributed by atoms with Crippen molar-refractivity contribution in [3.63, 3.8) is 0 Å². The highest BCUT2D eigenvalue weighted by atomic mass is 32.2. The lowest BCUT2D eigenvalue weighted by molar-refractivity contribution is 0.362. The van der Waals surface area contributed by atoms with Gasteiger partial charge in [0.15, 0.2) is 0 Å². The summed E-state index contributed by atoms with van der Waals surface area (Å²) in [7, 11) is -3.46. The van der Waals surface area contributed by atoms with Crippen molar-refractivity contribution in [1.82, 2.24) is 4.31 Å². The van der Waals surface area contributed by atoms with Crippen molar-refractivity contribution in [1.29, 1.82) is 0 Å². The van der Waals surface area contributed by atoms with Gasteiger partial charge < -0.3 is 0 Å². The molecule has 4 heteroatoms. The molecule has 0 heterocycles. The van der Waals surface area contributed by atoms with Crippen molar-refractivity contribution in [3.05, 3.63) is 66.2 Å². The van der Waals surface area contributed by atoms with Crippen LogP contribution in [0.4, 0.5) is 0 Å². The van der Waals surface area contributed by atoms with Crippen molar-refractivity contribution in [2.75, 3.05) is 6.54 Å². The molecule has 3 nitrogen and oxygen atoms in total. The third kappa shape index (κ3) is 4.16. The molecule has 0 fully saturated rings. The summed E-state index contributed by atoms with van der Waals surface area (Å²) in [5.74, 6) is 0.271. The van der Waals surface area contributed by atoms with E-state index in [0.717, 1.165) is 5.56 Å². The molecule has 0 saturated heterocycles. The average molecular weight is 303 g/mol. The van der Waals surface area contributed by atoms with Gasteiger partial charge in [-0.25, -0.2) is 8.42 Å². The van der Waals surface area contributed by atoms with Crippen LogP contribution in [0.25, 0.3) is 0 Å². The summed E-state index contributed by atoms with van der Waals surface area (Å²) < 4.78 is 27.2. The Kier molecular flexibility index (Phi) is 5.15. The Morgan fingerprint density at radius 2 is 1.43 bits per heavy atom. The second-order valence-corrected chi connectivity index (χ2v) is 7.43. The largest absolute Gasteiger partial charge is 0.243 e. The Bertz CT molecular complexity index is 652. The standard InChI is InChI=1S/C17H21NO2S/c1-15(2)13-18(14-16-9-5-3-6-10-16)21(19,20)17-11-7-4-8-12-17/h3-12,15H,13-14H2,1-2H3. The summed E-state index contributed by atoms with van der Waals surface area (Å²) in [4.78, 5) is 0.349. The molecule has 0 spiro atoms. The number of benzene rings is 2.